The lowest BCUT2D eigenvalue weighted by Crippen LogP contribution is -2.37. The van der Waals surface area contributed by atoms with E-state index < -0.39 is 23.1 Å². The molecule has 0 aliphatic carbocycles. The summed E-state index contributed by atoms with van der Waals surface area (Å²) in [4.78, 5) is 13.1. The number of anilines is 1. The van der Waals surface area contributed by atoms with E-state index in [0.717, 1.165) is 17.0 Å². The van der Waals surface area contributed by atoms with Crippen molar-refractivity contribution in [1.82, 2.24) is 5.32 Å². The molecule has 0 bridgehead atoms. The first-order valence-corrected chi connectivity index (χ1v) is 7.26. The molecular formula is C15H16F2N2OS. The van der Waals surface area contributed by atoms with Crippen molar-refractivity contribution in [3.63, 3.8) is 0 Å². The highest BCUT2D eigenvalue weighted by molar-refractivity contribution is 7.10. The third-order valence-electron chi connectivity index (χ3n) is 3.23. The third-order valence-corrected chi connectivity index (χ3v) is 4.46. The Labute approximate surface area is 125 Å². The highest BCUT2D eigenvalue weighted by Gasteiger charge is 2.25. The van der Waals surface area contributed by atoms with Gasteiger partial charge in [0, 0.05) is 16.8 Å². The van der Waals surface area contributed by atoms with Crippen LogP contribution >= 0.6 is 11.3 Å². The van der Waals surface area contributed by atoms with E-state index in [0.29, 0.717) is 0 Å². The molecule has 0 aliphatic heterocycles. The number of hydrogen-bond acceptors (Lipinski definition) is 3. The summed E-state index contributed by atoms with van der Waals surface area (Å²) in [7, 11) is 0. The topological polar surface area (TPSA) is 55.1 Å². The predicted molar refractivity (Wildman–Crippen MR) is 80.4 cm³/mol. The number of amides is 1. The Kier molecular flexibility index (Phi) is 4.27. The summed E-state index contributed by atoms with van der Waals surface area (Å²) >= 11 is 1.57. The molecule has 112 valence electrons. The first-order valence-electron chi connectivity index (χ1n) is 6.38. The van der Waals surface area contributed by atoms with Gasteiger partial charge in [-0.25, -0.2) is 8.78 Å². The van der Waals surface area contributed by atoms with Crippen LogP contribution in [0, 0.1) is 11.6 Å². The van der Waals surface area contributed by atoms with E-state index in [2.05, 4.69) is 5.32 Å². The maximum Gasteiger partial charge on any atom is 0.257 e. The Morgan fingerprint density at radius 1 is 1.33 bits per heavy atom. The summed E-state index contributed by atoms with van der Waals surface area (Å²) < 4.78 is 27.4. The van der Waals surface area contributed by atoms with Crippen LogP contribution in [0.4, 0.5) is 14.5 Å². The fourth-order valence-electron chi connectivity index (χ4n) is 1.92. The lowest BCUT2D eigenvalue weighted by molar-refractivity contribution is 0.0937. The van der Waals surface area contributed by atoms with E-state index in [1.54, 1.807) is 11.3 Å². The van der Waals surface area contributed by atoms with Crippen LogP contribution in [0.25, 0.3) is 0 Å². The number of thiophene rings is 1. The highest BCUT2D eigenvalue weighted by atomic mass is 32.1. The maximum absolute atomic E-state index is 13.8. The zero-order valence-corrected chi connectivity index (χ0v) is 12.6. The number of benzene rings is 1. The summed E-state index contributed by atoms with van der Waals surface area (Å²) in [6.45, 7) is 4.16. The summed E-state index contributed by atoms with van der Waals surface area (Å²) in [5, 5.41) is 4.51. The lowest BCUT2D eigenvalue weighted by Gasteiger charge is -2.23. The number of carbonyl (C=O) groups is 1. The normalized spacial score (nSPS) is 11.4. The van der Waals surface area contributed by atoms with Crippen molar-refractivity contribution in [2.75, 3.05) is 12.3 Å². The van der Waals surface area contributed by atoms with Gasteiger partial charge in [-0.05, 0) is 23.6 Å². The number of halogens is 2. The molecule has 0 radical (unpaired) electrons. The van der Waals surface area contributed by atoms with Gasteiger partial charge in [0.1, 0.15) is 11.4 Å². The van der Waals surface area contributed by atoms with E-state index in [4.69, 9.17) is 5.73 Å². The molecule has 0 atom stereocenters. The number of nitrogen functional groups attached to an aromatic ring is 1. The molecule has 3 N–H and O–H groups in total. The van der Waals surface area contributed by atoms with Crippen LogP contribution in [0.5, 0.6) is 0 Å². The Balaban J connectivity index is 2.15. The second-order valence-electron chi connectivity index (χ2n) is 5.37. The first-order chi connectivity index (χ1) is 9.83. The molecule has 6 heteroatoms. The van der Waals surface area contributed by atoms with Crippen LogP contribution in [-0.2, 0) is 5.41 Å². The molecule has 2 rings (SSSR count). The Hall–Kier alpha value is -1.95. The molecule has 1 aromatic carbocycles. The molecule has 2 aromatic rings. The van der Waals surface area contributed by atoms with Crippen molar-refractivity contribution in [3.8, 4) is 0 Å². The second kappa shape index (κ2) is 5.81. The minimum atomic E-state index is -1.03. The zero-order valence-electron chi connectivity index (χ0n) is 11.7. The molecule has 3 nitrogen and oxygen atoms in total. The fraction of sp³-hybridized carbons (Fsp3) is 0.267. The van der Waals surface area contributed by atoms with Crippen LogP contribution in [-0.4, -0.2) is 12.5 Å². The van der Waals surface area contributed by atoms with Crippen molar-refractivity contribution >= 4 is 22.9 Å². The predicted octanol–water partition coefficient (Wildman–Crippen LogP) is 3.32. The summed E-state index contributed by atoms with van der Waals surface area (Å²) in [5.74, 6) is -2.75. The molecule has 1 heterocycles. The van der Waals surface area contributed by atoms with Crippen molar-refractivity contribution in [2.45, 2.75) is 19.3 Å². The fourth-order valence-corrected chi connectivity index (χ4v) is 2.77. The molecule has 0 fully saturated rings. The van der Waals surface area contributed by atoms with Gasteiger partial charge in [0.15, 0.2) is 5.82 Å². The summed E-state index contributed by atoms with van der Waals surface area (Å²) in [6, 6.07) is 5.95. The molecule has 0 saturated carbocycles. The van der Waals surface area contributed by atoms with Gasteiger partial charge in [-0.2, -0.15) is 0 Å². The second-order valence-corrected chi connectivity index (χ2v) is 6.32. The maximum atomic E-state index is 13.8. The van der Waals surface area contributed by atoms with Gasteiger partial charge in [0.25, 0.3) is 5.91 Å². The molecule has 0 spiro atoms. The lowest BCUT2D eigenvalue weighted by atomic mass is 9.91. The first kappa shape index (κ1) is 15.4. The molecule has 0 aliphatic rings. The van der Waals surface area contributed by atoms with Crippen molar-refractivity contribution in [3.05, 3.63) is 51.7 Å². The van der Waals surface area contributed by atoms with Crippen LogP contribution in [0.3, 0.4) is 0 Å². The van der Waals surface area contributed by atoms with E-state index in [1.807, 2.05) is 31.4 Å². The number of carbonyl (C=O) groups excluding carboxylic acids is 1. The van der Waals surface area contributed by atoms with Crippen molar-refractivity contribution in [2.24, 2.45) is 0 Å². The largest absolute Gasteiger partial charge is 0.396 e. The van der Waals surface area contributed by atoms with Gasteiger partial charge < -0.3 is 11.1 Å². The highest BCUT2D eigenvalue weighted by Crippen LogP contribution is 2.27. The summed E-state index contributed by atoms with van der Waals surface area (Å²) in [6.07, 6.45) is 0. The minimum Gasteiger partial charge on any atom is -0.396 e. The van der Waals surface area contributed by atoms with E-state index in [-0.39, 0.29) is 17.6 Å². The monoisotopic (exact) mass is 310 g/mol. The average Bonchev–Trinajstić information content (AvgIpc) is 2.96. The number of rotatable bonds is 4. The van der Waals surface area contributed by atoms with Gasteiger partial charge in [-0.3, -0.25) is 4.79 Å². The summed E-state index contributed by atoms with van der Waals surface area (Å²) in [5.41, 5.74) is 4.15. The van der Waals surface area contributed by atoms with Gasteiger partial charge in [0.2, 0.25) is 0 Å². The quantitative estimate of drug-likeness (QED) is 0.851. The van der Waals surface area contributed by atoms with Crippen LogP contribution in [0.15, 0.2) is 29.6 Å². The van der Waals surface area contributed by atoms with Crippen LogP contribution in [0.1, 0.15) is 29.1 Å². The van der Waals surface area contributed by atoms with E-state index in [9.17, 15) is 13.6 Å². The minimum absolute atomic E-state index is 0.251. The number of hydrogen-bond donors (Lipinski definition) is 2. The number of nitrogens with two attached hydrogens (primary N) is 1. The van der Waals surface area contributed by atoms with E-state index >= 15 is 0 Å². The smallest absolute Gasteiger partial charge is 0.257 e. The van der Waals surface area contributed by atoms with Crippen LogP contribution in [0.2, 0.25) is 0 Å². The van der Waals surface area contributed by atoms with Crippen LogP contribution < -0.4 is 11.1 Å². The average molecular weight is 310 g/mol. The van der Waals surface area contributed by atoms with Crippen molar-refractivity contribution in [1.29, 1.82) is 0 Å². The Morgan fingerprint density at radius 2 is 2.05 bits per heavy atom. The molecule has 1 aromatic heterocycles. The van der Waals surface area contributed by atoms with Gasteiger partial charge in [0.05, 0.1) is 5.69 Å². The van der Waals surface area contributed by atoms with Crippen molar-refractivity contribution < 1.29 is 13.6 Å². The molecule has 21 heavy (non-hydrogen) atoms. The Bertz CT molecular complexity index is 654. The van der Waals surface area contributed by atoms with Gasteiger partial charge in [-0.15, -0.1) is 11.3 Å². The van der Waals surface area contributed by atoms with Gasteiger partial charge >= 0.3 is 0 Å². The Morgan fingerprint density at radius 3 is 2.67 bits per heavy atom. The molecule has 0 saturated heterocycles. The number of nitrogens with one attached hydrogen (secondary N) is 1. The zero-order chi connectivity index (χ0) is 15.6. The molecule has 0 unspecified atom stereocenters. The SMILES string of the molecule is CC(C)(CNC(=O)c1c(F)ccc(N)c1F)c1cccs1. The third kappa shape index (κ3) is 3.21. The van der Waals surface area contributed by atoms with E-state index in [1.165, 1.54) is 0 Å². The molecule has 1 amide bonds. The standard InChI is InChI=1S/C15H16F2N2OS/c1-15(2,11-4-3-7-21-11)8-19-14(20)12-9(16)5-6-10(18)13(12)17/h3-7H,8,18H2,1-2H3,(H,19,20). The molecular weight excluding hydrogens is 294 g/mol. The van der Waals surface area contributed by atoms with Gasteiger partial charge in [-0.1, -0.05) is 19.9 Å².